The SMILES string of the molecule is O=C(O)Cc1ccccc1NC(=O)CC1CCCCO1. The van der Waals surface area contributed by atoms with Crippen molar-refractivity contribution in [1.82, 2.24) is 0 Å². The summed E-state index contributed by atoms with van der Waals surface area (Å²) in [5, 5.41) is 11.6. The minimum Gasteiger partial charge on any atom is -0.481 e. The minimum atomic E-state index is -0.915. The Labute approximate surface area is 117 Å². The second-order valence-electron chi connectivity index (χ2n) is 4.97. The van der Waals surface area contributed by atoms with E-state index in [4.69, 9.17) is 9.84 Å². The molecule has 1 fully saturated rings. The third kappa shape index (κ3) is 4.35. The average molecular weight is 277 g/mol. The topological polar surface area (TPSA) is 75.6 Å². The van der Waals surface area contributed by atoms with Gasteiger partial charge in [0.05, 0.1) is 18.9 Å². The number of para-hydroxylation sites is 1. The predicted octanol–water partition coefficient (Wildman–Crippen LogP) is 2.21. The highest BCUT2D eigenvalue weighted by Crippen LogP contribution is 2.19. The van der Waals surface area contributed by atoms with Gasteiger partial charge in [-0.15, -0.1) is 0 Å². The maximum Gasteiger partial charge on any atom is 0.307 e. The van der Waals surface area contributed by atoms with Gasteiger partial charge in [-0.2, -0.15) is 0 Å². The largest absolute Gasteiger partial charge is 0.481 e. The number of carbonyl (C=O) groups excluding carboxylic acids is 1. The molecule has 0 saturated carbocycles. The molecule has 1 aliphatic heterocycles. The minimum absolute atomic E-state index is 0.0182. The fourth-order valence-corrected chi connectivity index (χ4v) is 2.34. The summed E-state index contributed by atoms with van der Waals surface area (Å²) < 4.78 is 5.53. The van der Waals surface area contributed by atoms with Gasteiger partial charge in [0, 0.05) is 12.3 Å². The third-order valence-corrected chi connectivity index (χ3v) is 3.32. The van der Waals surface area contributed by atoms with Gasteiger partial charge in [-0.05, 0) is 30.9 Å². The fourth-order valence-electron chi connectivity index (χ4n) is 2.34. The van der Waals surface area contributed by atoms with Gasteiger partial charge in [0.1, 0.15) is 0 Å². The molecule has 1 aliphatic rings. The molecule has 1 aromatic rings. The molecule has 0 radical (unpaired) electrons. The number of rotatable bonds is 5. The zero-order valence-corrected chi connectivity index (χ0v) is 11.3. The molecule has 0 spiro atoms. The summed E-state index contributed by atoms with van der Waals surface area (Å²) in [6.45, 7) is 0.716. The molecule has 1 heterocycles. The van der Waals surface area contributed by atoms with Gasteiger partial charge >= 0.3 is 5.97 Å². The van der Waals surface area contributed by atoms with E-state index >= 15 is 0 Å². The second-order valence-corrected chi connectivity index (χ2v) is 4.97. The standard InChI is InChI=1S/C15H19NO4/c17-14(10-12-6-3-4-8-20-12)16-13-7-2-1-5-11(13)9-15(18)19/h1-2,5,7,12H,3-4,6,8-10H2,(H,16,17)(H,18,19). The summed E-state index contributed by atoms with van der Waals surface area (Å²) >= 11 is 0. The molecule has 0 aliphatic carbocycles. The van der Waals surface area contributed by atoms with Crippen LogP contribution in [0.2, 0.25) is 0 Å². The number of ether oxygens (including phenoxy) is 1. The van der Waals surface area contributed by atoms with Crippen molar-refractivity contribution in [2.24, 2.45) is 0 Å². The van der Waals surface area contributed by atoms with E-state index in [1.807, 2.05) is 0 Å². The van der Waals surface area contributed by atoms with Crippen molar-refractivity contribution >= 4 is 17.6 Å². The van der Waals surface area contributed by atoms with Crippen molar-refractivity contribution < 1.29 is 19.4 Å². The van der Waals surface area contributed by atoms with E-state index in [1.165, 1.54) is 0 Å². The molecule has 1 atom stereocenters. The van der Waals surface area contributed by atoms with Crippen molar-refractivity contribution in [1.29, 1.82) is 0 Å². The van der Waals surface area contributed by atoms with Crippen LogP contribution in [-0.2, 0) is 20.7 Å². The molecule has 1 amide bonds. The lowest BCUT2D eigenvalue weighted by Gasteiger charge is -2.22. The van der Waals surface area contributed by atoms with Crippen LogP contribution in [-0.4, -0.2) is 29.7 Å². The summed E-state index contributed by atoms with van der Waals surface area (Å²) in [5.74, 6) is -1.04. The molecule has 1 aromatic carbocycles. The van der Waals surface area contributed by atoms with Crippen LogP contribution in [0.3, 0.4) is 0 Å². The Kier molecular flexibility index (Phi) is 5.12. The van der Waals surface area contributed by atoms with Crippen molar-refractivity contribution in [3.05, 3.63) is 29.8 Å². The Morgan fingerprint density at radius 1 is 1.30 bits per heavy atom. The summed E-state index contributed by atoms with van der Waals surface area (Å²) in [6.07, 6.45) is 3.25. The van der Waals surface area contributed by atoms with Crippen molar-refractivity contribution in [2.45, 2.75) is 38.2 Å². The zero-order valence-electron chi connectivity index (χ0n) is 11.3. The van der Waals surface area contributed by atoms with Crippen LogP contribution in [0.15, 0.2) is 24.3 Å². The van der Waals surface area contributed by atoms with E-state index in [2.05, 4.69) is 5.32 Å². The molecule has 2 N–H and O–H groups in total. The number of carboxylic acids is 1. The summed E-state index contributed by atoms with van der Waals surface area (Å²) in [7, 11) is 0. The fraction of sp³-hybridized carbons (Fsp3) is 0.467. The zero-order chi connectivity index (χ0) is 14.4. The van der Waals surface area contributed by atoms with Crippen LogP contribution < -0.4 is 5.32 Å². The first-order valence-corrected chi connectivity index (χ1v) is 6.86. The number of hydrogen-bond acceptors (Lipinski definition) is 3. The first-order chi connectivity index (χ1) is 9.65. The van der Waals surface area contributed by atoms with Crippen LogP contribution in [0.25, 0.3) is 0 Å². The molecule has 1 unspecified atom stereocenters. The van der Waals surface area contributed by atoms with Crippen LogP contribution in [0.5, 0.6) is 0 Å². The Hall–Kier alpha value is -1.88. The Balaban J connectivity index is 1.94. The molecule has 1 saturated heterocycles. The smallest absolute Gasteiger partial charge is 0.307 e. The van der Waals surface area contributed by atoms with E-state index in [9.17, 15) is 9.59 Å². The van der Waals surface area contributed by atoms with Gasteiger partial charge < -0.3 is 15.2 Å². The Morgan fingerprint density at radius 3 is 2.80 bits per heavy atom. The van der Waals surface area contributed by atoms with Gasteiger partial charge in [0.2, 0.25) is 5.91 Å². The molecule has 2 rings (SSSR count). The van der Waals surface area contributed by atoms with E-state index in [0.29, 0.717) is 24.3 Å². The monoisotopic (exact) mass is 277 g/mol. The molecule has 108 valence electrons. The molecular formula is C15H19NO4. The summed E-state index contributed by atoms with van der Waals surface area (Å²) in [4.78, 5) is 22.8. The maximum absolute atomic E-state index is 12.0. The number of carbonyl (C=O) groups is 2. The predicted molar refractivity (Wildman–Crippen MR) is 74.6 cm³/mol. The lowest BCUT2D eigenvalue weighted by Crippen LogP contribution is -2.26. The molecule has 5 heteroatoms. The summed E-state index contributed by atoms with van der Waals surface area (Å²) in [6, 6.07) is 6.97. The number of carboxylic acid groups (broad SMARTS) is 1. The lowest BCUT2D eigenvalue weighted by molar-refractivity contribution is -0.136. The summed E-state index contributed by atoms with van der Waals surface area (Å²) in [5.41, 5.74) is 1.17. The number of hydrogen-bond donors (Lipinski definition) is 2. The first-order valence-electron chi connectivity index (χ1n) is 6.86. The Bertz CT molecular complexity index is 481. The van der Waals surface area contributed by atoms with Crippen LogP contribution >= 0.6 is 0 Å². The second kappa shape index (κ2) is 7.05. The van der Waals surface area contributed by atoms with E-state index in [0.717, 1.165) is 19.3 Å². The lowest BCUT2D eigenvalue weighted by atomic mass is 10.1. The van der Waals surface area contributed by atoms with Gasteiger partial charge in [0.25, 0.3) is 0 Å². The van der Waals surface area contributed by atoms with E-state index in [-0.39, 0.29) is 18.4 Å². The first kappa shape index (κ1) is 14.5. The maximum atomic E-state index is 12.0. The highest BCUT2D eigenvalue weighted by molar-refractivity contribution is 5.92. The van der Waals surface area contributed by atoms with Crippen molar-refractivity contribution in [3.8, 4) is 0 Å². The van der Waals surface area contributed by atoms with Gasteiger partial charge in [-0.1, -0.05) is 18.2 Å². The molecular weight excluding hydrogens is 258 g/mol. The average Bonchev–Trinajstić information content (AvgIpc) is 2.41. The molecule has 5 nitrogen and oxygen atoms in total. The molecule has 20 heavy (non-hydrogen) atoms. The highest BCUT2D eigenvalue weighted by atomic mass is 16.5. The normalized spacial score (nSPS) is 18.5. The van der Waals surface area contributed by atoms with Gasteiger partial charge in [0.15, 0.2) is 0 Å². The molecule has 0 bridgehead atoms. The number of nitrogens with one attached hydrogen (secondary N) is 1. The molecule has 0 aromatic heterocycles. The van der Waals surface area contributed by atoms with E-state index in [1.54, 1.807) is 24.3 Å². The van der Waals surface area contributed by atoms with Crippen molar-refractivity contribution in [3.63, 3.8) is 0 Å². The van der Waals surface area contributed by atoms with E-state index < -0.39 is 5.97 Å². The van der Waals surface area contributed by atoms with Gasteiger partial charge in [-0.25, -0.2) is 0 Å². The quantitative estimate of drug-likeness (QED) is 0.865. The van der Waals surface area contributed by atoms with Gasteiger partial charge in [-0.3, -0.25) is 9.59 Å². The number of aliphatic carboxylic acids is 1. The van der Waals surface area contributed by atoms with Crippen molar-refractivity contribution in [2.75, 3.05) is 11.9 Å². The highest BCUT2D eigenvalue weighted by Gasteiger charge is 2.18. The Morgan fingerprint density at radius 2 is 2.10 bits per heavy atom. The number of amides is 1. The van der Waals surface area contributed by atoms with Crippen LogP contribution in [0, 0.1) is 0 Å². The third-order valence-electron chi connectivity index (χ3n) is 3.32. The number of benzene rings is 1. The number of anilines is 1. The van der Waals surface area contributed by atoms with Crippen LogP contribution in [0.4, 0.5) is 5.69 Å². The van der Waals surface area contributed by atoms with Crippen LogP contribution in [0.1, 0.15) is 31.2 Å².